The number of aliphatic hydroxyl groups is 1. The van der Waals surface area contributed by atoms with Crippen LogP contribution in [-0.4, -0.2) is 11.2 Å². The highest BCUT2D eigenvalue weighted by Crippen LogP contribution is 2.34. The van der Waals surface area contributed by atoms with Crippen molar-refractivity contribution in [2.24, 2.45) is 17.8 Å². The van der Waals surface area contributed by atoms with Crippen molar-refractivity contribution in [1.82, 2.24) is 0 Å². The molecule has 1 aliphatic carbocycles. The van der Waals surface area contributed by atoms with Gasteiger partial charge in [0.05, 0.1) is 6.10 Å². The average Bonchev–Trinajstić information content (AvgIpc) is 1.99. The highest BCUT2D eigenvalue weighted by molar-refractivity contribution is 4.93. The first kappa shape index (κ1) is 8.79. The minimum atomic E-state index is -0.156. The highest BCUT2D eigenvalue weighted by Gasteiger charge is 2.31. The smallest absolute Gasteiger partial charge is 0.0630 e. The molecule has 0 heterocycles. The summed E-state index contributed by atoms with van der Waals surface area (Å²) in [4.78, 5) is 0. The number of hydrogen-bond donors (Lipinski definition) is 1. The van der Waals surface area contributed by atoms with Crippen LogP contribution in [0, 0.1) is 17.8 Å². The van der Waals surface area contributed by atoms with E-state index in [1.165, 1.54) is 6.42 Å². The lowest BCUT2D eigenvalue weighted by Gasteiger charge is -2.35. The lowest BCUT2D eigenvalue weighted by atomic mass is 9.73. The van der Waals surface area contributed by atoms with Crippen LogP contribution >= 0.6 is 0 Å². The fourth-order valence-electron chi connectivity index (χ4n) is 1.98. The molecule has 4 unspecified atom stereocenters. The Labute approximate surface area is 69.1 Å². The van der Waals surface area contributed by atoms with Crippen LogP contribution in [0.2, 0.25) is 0 Å². The van der Waals surface area contributed by atoms with E-state index in [0.29, 0.717) is 17.8 Å². The van der Waals surface area contributed by atoms with Crippen molar-refractivity contribution in [1.29, 1.82) is 0 Å². The van der Waals surface area contributed by atoms with Crippen LogP contribution in [0.3, 0.4) is 0 Å². The van der Waals surface area contributed by atoms with Gasteiger partial charge in [-0.2, -0.15) is 0 Å². The van der Waals surface area contributed by atoms with E-state index in [2.05, 4.69) is 20.4 Å². The molecule has 0 aromatic rings. The molecule has 1 rings (SSSR count). The summed E-state index contributed by atoms with van der Waals surface area (Å²) >= 11 is 0. The maximum absolute atomic E-state index is 9.74. The van der Waals surface area contributed by atoms with E-state index < -0.39 is 0 Å². The molecular weight excluding hydrogens is 136 g/mol. The standard InChI is InChI=1S/C10H18O/c1-4-9-7(2)5-6-8(3)10(9)11/h4,7-11H,1,5-6H2,2-3H3. The van der Waals surface area contributed by atoms with E-state index in [1.807, 2.05) is 6.08 Å². The van der Waals surface area contributed by atoms with E-state index in [4.69, 9.17) is 0 Å². The molecule has 0 amide bonds. The van der Waals surface area contributed by atoms with E-state index in [9.17, 15) is 5.11 Å². The molecular formula is C10H18O. The van der Waals surface area contributed by atoms with Gasteiger partial charge in [0, 0.05) is 5.92 Å². The van der Waals surface area contributed by atoms with Crippen molar-refractivity contribution >= 4 is 0 Å². The monoisotopic (exact) mass is 154 g/mol. The molecule has 1 N–H and O–H groups in total. The summed E-state index contributed by atoms with van der Waals surface area (Å²) in [5, 5.41) is 9.74. The fourth-order valence-corrected chi connectivity index (χ4v) is 1.98. The molecule has 0 spiro atoms. The summed E-state index contributed by atoms with van der Waals surface area (Å²) in [6.45, 7) is 8.07. The lowest BCUT2D eigenvalue weighted by Crippen LogP contribution is -2.35. The summed E-state index contributed by atoms with van der Waals surface area (Å²) < 4.78 is 0. The van der Waals surface area contributed by atoms with Gasteiger partial charge < -0.3 is 5.11 Å². The SMILES string of the molecule is C=CC1C(C)CCC(C)C1O. The summed E-state index contributed by atoms with van der Waals surface area (Å²) in [6, 6.07) is 0. The van der Waals surface area contributed by atoms with E-state index >= 15 is 0 Å². The third-order valence-electron chi connectivity index (χ3n) is 2.98. The predicted octanol–water partition coefficient (Wildman–Crippen LogP) is 2.22. The summed E-state index contributed by atoms with van der Waals surface area (Å²) in [6.07, 6.45) is 4.14. The van der Waals surface area contributed by atoms with E-state index in [1.54, 1.807) is 0 Å². The third-order valence-corrected chi connectivity index (χ3v) is 2.98. The van der Waals surface area contributed by atoms with Gasteiger partial charge in [-0.15, -0.1) is 6.58 Å². The predicted molar refractivity (Wildman–Crippen MR) is 47.3 cm³/mol. The lowest BCUT2D eigenvalue weighted by molar-refractivity contribution is 0.0194. The average molecular weight is 154 g/mol. The second-order valence-corrected chi connectivity index (χ2v) is 3.84. The zero-order valence-corrected chi connectivity index (χ0v) is 7.46. The second kappa shape index (κ2) is 3.40. The third kappa shape index (κ3) is 1.64. The van der Waals surface area contributed by atoms with Gasteiger partial charge in [-0.3, -0.25) is 0 Å². The maximum Gasteiger partial charge on any atom is 0.0630 e. The first-order valence-corrected chi connectivity index (χ1v) is 4.47. The quantitative estimate of drug-likeness (QED) is 0.574. The summed E-state index contributed by atoms with van der Waals surface area (Å²) in [7, 11) is 0. The minimum absolute atomic E-state index is 0.156. The van der Waals surface area contributed by atoms with Gasteiger partial charge in [0.25, 0.3) is 0 Å². The van der Waals surface area contributed by atoms with Crippen molar-refractivity contribution in [3.8, 4) is 0 Å². The Kier molecular flexibility index (Phi) is 2.72. The Balaban J connectivity index is 2.62. The Bertz CT molecular complexity index is 142. The summed E-state index contributed by atoms with van der Waals surface area (Å²) in [5.41, 5.74) is 0. The molecule has 0 radical (unpaired) electrons. The van der Waals surface area contributed by atoms with Gasteiger partial charge in [0.15, 0.2) is 0 Å². The highest BCUT2D eigenvalue weighted by atomic mass is 16.3. The van der Waals surface area contributed by atoms with Crippen LogP contribution in [0.25, 0.3) is 0 Å². The Morgan fingerprint density at radius 1 is 1.27 bits per heavy atom. The normalized spacial score (nSPS) is 45.4. The number of hydrogen-bond acceptors (Lipinski definition) is 1. The van der Waals surface area contributed by atoms with Gasteiger partial charge in [-0.1, -0.05) is 19.9 Å². The Hall–Kier alpha value is -0.300. The van der Waals surface area contributed by atoms with Crippen LogP contribution in [0.5, 0.6) is 0 Å². The first-order valence-electron chi connectivity index (χ1n) is 4.47. The second-order valence-electron chi connectivity index (χ2n) is 3.84. The molecule has 64 valence electrons. The fraction of sp³-hybridized carbons (Fsp3) is 0.800. The number of rotatable bonds is 1. The molecule has 0 aromatic carbocycles. The van der Waals surface area contributed by atoms with Crippen LogP contribution in [-0.2, 0) is 0 Å². The van der Waals surface area contributed by atoms with Crippen LogP contribution < -0.4 is 0 Å². The zero-order valence-electron chi connectivity index (χ0n) is 7.46. The van der Waals surface area contributed by atoms with E-state index in [-0.39, 0.29) is 6.10 Å². The minimum Gasteiger partial charge on any atom is -0.392 e. The molecule has 0 bridgehead atoms. The van der Waals surface area contributed by atoms with Crippen molar-refractivity contribution in [2.45, 2.75) is 32.8 Å². The van der Waals surface area contributed by atoms with Gasteiger partial charge >= 0.3 is 0 Å². The van der Waals surface area contributed by atoms with Gasteiger partial charge in [-0.05, 0) is 24.7 Å². The first-order chi connectivity index (χ1) is 5.16. The van der Waals surface area contributed by atoms with Crippen LogP contribution in [0.15, 0.2) is 12.7 Å². The molecule has 1 aliphatic rings. The Morgan fingerprint density at radius 2 is 1.82 bits per heavy atom. The molecule has 1 heteroatoms. The molecule has 1 fully saturated rings. The molecule has 1 saturated carbocycles. The van der Waals surface area contributed by atoms with E-state index in [0.717, 1.165) is 6.42 Å². The van der Waals surface area contributed by atoms with Crippen molar-refractivity contribution in [2.75, 3.05) is 0 Å². The molecule has 0 saturated heterocycles. The van der Waals surface area contributed by atoms with Gasteiger partial charge in [0.1, 0.15) is 0 Å². The molecule has 4 atom stereocenters. The summed E-state index contributed by atoms with van der Waals surface area (Å²) in [5.74, 6) is 1.38. The number of aliphatic hydroxyl groups excluding tert-OH is 1. The zero-order chi connectivity index (χ0) is 8.43. The van der Waals surface area contributed by atoms with Crippen LogP contribution in [0.1, 0.15) is 26.7 Å². The maximum atomic E-state index is 9.74. The van der Waals surface area contributed by atoms with Crippen molar-refractivity contribution in [3.63, 3.8) is 0 Å². The van der Waals surface area contributed by atoms with Crippen LogP contribution in [0.4, 0.5) is 0 Å². The molecule has 0 aromatic heterocycles. The largest absolute Gasteiger partial charge is 0.392 e. The molecule has 11 heavy (non-hydrogen) atoms. The topological polar surface area (TPSA) is 20.2 Å². The van der Waals surface area contributed by atoms with Gasteiger partial charge in [0.2, 0.25) is 0 Å². The molecule has 0 aliphatic heterocycles. The van der Waals surface area contributed by atoms with Gasteiger partial charge in [-0.25, -0.2) is 0 Å². The van der Waals surface area contributed by atoms with Crippen molar-refractivity contribution < 1.29 is 5.11 Å². The van der Waals surface area contributed by atoms with Crippen molar-refractivity contribution in [3.05, 3.63) is 12.7 Å². The Morgan fingerprint density at radius 3 is 2.27 bits per heavy atom. The molecule has 1 nitrogen and oxygen atoms in total.